The first-order chi connectivity index (χ1) is 7.18. The molecule has 3 heteroatoms. The summed E-state index contributed by atoms with van der Waals surface area (Å²) in [6.07, 6.45) is 6.26. The summed E-state index contributed by atoms with van der Waals surface area (Å²) in [5.74, 6) is 0.338. The maximum atomic E-state index is 11.6. The second-order valence-electron chi connectivity index (χ2n) is 3.95. The highest BCUT2D eigenvalue weighted by Crippen LogP contribution is 2.30. The zero-order chi connectivity index (χ0) is 10.8. The first-order valence-electron chi connectivity index (χ1n) is 5.21. The van der Waals surface area contributed by atoms with Gasteiger partial charge in [-0.15, -0.1) is 0 Å². The van der Waals surface area contributed by atoms with Gasteiger partial charge in [0.15, 0.2) is 0 Å². The molecule has 1 heterocycles. The Bertz CT molecular complexity index is 378. The van der Waals surface area contributed by atoms with E-state index in [1.807, 2.05) is 6.92 Å². The Labute approximate surface area is 89.3 Å². The summed E-state index contributed by atoms with van der Waals surface area (Å²) >= 11 is 0. The van der Waals surface area contributed by atoms with Gasteiger partial charge in [0.05, 0.1) is 0 Å². The molecular formula is C12H15NO2. The topological polar surface area (TPSA) is 31.2 Å². The van der Waals surface area contributed by atoms with E-state index < -0.39 is 0 Å². The Balaban J connectivity index is 1.91. The van der Waals surface area contributed by atoms with Crippen molar-refractivity contribution >= 4 is 6.09 Å². The molecule has 3 nitrogen and oxygen atoms in total. The Kier molecular flexibility index (Phi) is 2.62. The van der Waals surface area contributed by atoms with E-state index in [-0.39, 0.29) is 12.2 Å². The van der Waals surface area contributed by atoms with Crippen LogP contribution in [0.4, 0.5) is 4.79 Å². The molecule has 0 bridgehead atoms. The van der Waals surface area contributed by atoms with Crippen LogP contribution in [0.15, 0.2) is 36.2 Å². The Hall–Kier alpha value is -1.51. The van der Waals surface area contributed by atoms with Crippen LogP contribution in [-0.2, 0) is 4.74 Å². The Morgan fingerprint density at radius 2 is 2.00 bits per heavy atom. The molecule has 0 aromatic carbocycles. The van der Waals surface area contributed by atoms with E-state index in [0.717, 1.165) is 6.42 Å². The minimum Gasteiger partial charge on any atom is -0.445 e. The predicted octanol–water partition coefficient (Wildman–Crippen LogP) is 2.83. The standard InChI is InChI=1S/C12H15NO2/c1-9(11-5-6-11)10(2)15-12(14)13-7-3-4-8-13/h3-5,7-10H,6H2,1-2H3. The van der Waals surface area contributed by atoms with Crippen molar-refractivity contribution in [2.75, 3.05) is 0 Å². The molecule has 0 radical (unpaired) electrons. The van der Waals surface area contributed by atoms with Crippen LogP contribution in [0.3, 0.4) is 0 Å². The van der Waals surface area contributed by atoms with Crippen molar-refractivity contribution < 1.29 is 9.53 Å². The summed E-state index contributed by atoms with van der Waals surface area (Å²) in [5, 5.41) is 0. The SMILES string of the molecule is CC(OC(=O)n1cccc1)C(C)C1=CC1. The van der Waals surface area contributed by atoms with E-state index in [1.165, 1.54) is 10.1 Å². The van der Waals surface area contributed by atoms with Gasteiger partial charge in [-0.05, 0) is 25.5 Å². The number of rotatable bonds is 3. The quantitative estimate of drug-likeness (QED) is 0.710. The maximum Gasteiger partial charge on any atom is 0.418 e. The van der Waals surface area contributed by atoms with E-state index in [1.54, 1.807) is 24.5 Å². The molecule has 1 aliphatic rings. The normalized spacial score (nSPS) is 17.9. The molecule has 2 rings (SSSR count). The molecule has 0 amide bonds. The van der Waals surface area contributed by atoms with Crippen LogP contribution in [0.1, 0.15) is 20.3 Å². The van der Waals surface area contributed by atoms with Crippen molar-refractivity contribution in [1.29, 1.82) is 0 Å². The van der Waals surface area contributed by atoms with Crippen LogP contribution in [0.25, 0.3) is 0 Å². The van der Waals surface area contributed by atoms with Crippen LogP contribution >= 0.6 is 0 Å². The molecule has 2 atom stereocenters. The summed E-state index contributed by atoms with van der Waals surface area (Å²) < 4.78 is 6.79. The number of aromatic nitrogens is 1. The van der Waals surface area contributed by atoms with Gasteiger partial charge in [0.2, 0.25) is 0 Å². The number of hydrogen-bond acceptors (Lipinski definition) is 2. The van der Waals surface area contributed by atoms with E-state index >= 15 is 0 Å². The van der Waals surface area contributed by atoms with E-state index in [9.17, 15) is 4.79 Å². The Morgan fingerprint density at radius 3 is 2.53 bits per heavy atom. The molecule has 2 unspecified atom stereocenters. The maximum absolute atomic E-state index is 11.6. The molecule has 0 N–H and O–H groups in total. The molecule has 15 heavy (non-hydrogen) atoms. The highest BCUT2D eigenvalue weighted by molar-refractivity contribution is 5.70. The van der Waals surface area contributed by atoms with Gasteiger partial charge in [0.25, 0.3) is 0 Å². The number of carbonyl (C=O) groups is 1. The van der Waals surface area contributed by atoms with Gasteiger partial charge in [-0.1, -0.05) is 18.6 Å². The first-order valence-corrected chi connectivity index (χ1v) is 5.21. The second kappa shape index (κ2) is 3.93. The number of hydrogen-bond donors (Lipinski definition) is 0. The minimum absolute atomic E-state index is 0.0614. The third kappa shape index (κ3) is 2.29. The minimum atomic E-state index is -0.305. The van der Waals surface area contributed by atoms with Crippen molar-refractivity contribution in [2.45, 2.75) is 26.4 Å². The molecule has 0 spiro atoms. The lowest BCUT2D eigenvalue weighted by molar-refractivity contribution is 0.0883. The fraction of sp³-hybridized carbons (Fsp3) is 0.417. The third-order valence-electron chi connectivity index (χ3n) is 2.83. The molecule has 0 saturated heterocycles. The van der Waals surface area contributed by atoms with Crippen LogP contribution < -0.4 is 0 Å². The highest BCUT2D eigenvalue weighted by Gasteiger charge is 2.24. The number of allylic oxidation sites excluding steroid dienone is 1. The van der Waals surface area contributed by atoms with Gasteiger partial charge in [0, 0.05) is 18.3 Å². The van der Waals surface area contributed by atoms with Gasteiger partial charge in [0.1, 0.15) is 6.10 Å². The largest absolute Gasteiger partial charge is 0.445 e. The average Bonchev–Trinajstić information content (AvgIpc) is 2.91. The van der Waals surface area contributed by atoms with Gasteiger partial charge in [-0.25, -0.2) is 4.79 Å². The summed E-state index contributed by atoms with van der Waals surface area (Å²) in [4.78, 5) is 11.6. The molecular weight excluding hydrogens is 190 g/mol. The summed E-state index contributed by atoms with van der Waals surface area (Å²) in [6.45, 7) is 4.03. The van der Waals surface area contributed by atoms with Crippen LogP contribution in [0, 0.1) is 5.92 Å². The van der Waals surface area contributed by atoms with Gasteiger partial charge in [-0.2, -0.15) is 0 Å². The van der Waals surface area contributed by atoms with Crippen LogP contribution in [-0.4, -0.2) is 16.8 Å². The van der Waals surface area contributed by atoms with E-state index in [0.29, 0.717) is 5.92 Å². The average molecular weight is 205 g/mol. The van der Waals surface area contributed by atoms with Crippen LogP contribution in [0.5, 0.6) is 0 Å². The van der Waals surface area contributed by atoms with Gasteiger partial charge in [-0.3, -0.25) is 4.57 Å². The lowest BCUT2D eigenvalue weighted by atomic mass is 10.0. The van der Waals surface area contributed by atoms with Crippen molar-refractivity contribution in [3.8, 4) is 0 Å². The lowest BCUT2D eigenvalue weighted by Gasteiger charge is -2.18. The van der Waals surface area contributed by atoms with Crippen molar-refractivity contribution in [1.82, 2.24) is 4.57 Å². The highest BCUT2D eigenvalue weighted by atomic mass is 16.6. The zero-order valence-electron chi connectivity index (χ0n) is 9.01. The molecule has 1 aromatic rings. The van der Waals surface area contributed by atoms with E-state index in [2.05, 4.69) is 13.0 Å². The van der Waals surface area contributed by atoms with Gasteiger partial charge < -0.3 is 4.74 Å². The number of carbonyl (C=O) groups excluding carboxylic acids is 1. The van der Waals surface area contributed by atoms with Crippen LogP contribution in [0.2, 0.25) is 0 Å². The summed E-state index contributed by atoms with van der Waals surface area (Å²) in [5.41, 5.74) is 1.39. The summed E-state index contributed by atoms with van der Waals surface area (Å²) in [6, 6.07) is 3.61. The Morgan fingerprint density at radius 1 is 1.40 bits per heavy atom. The monoisotopic (exact) mass is 205 g/mol. The van der Waals surface area contributed by atoms with Gasteiger partial charge >= 0.3 is 6.09 Å². The number of ether oxygens (including phenoxy) is 1. The van der Waals surface area contributed by atoms with Crippen molar-refractivity contribution in [3.05, 3.63) is 36.2 Å². The van der Waals surface area contributed by atoms with Crippen molar-refractivity contribution in [3.63, 3.8) is 0 Å². The molecule has 0 fully saturated rings. The second-order valence-corrected chi connectivity index (χ2v) is 3.95. The smallest absolute Gasteiger partial charge is 0.418 e. The predicted molar refractivity (Wildman–Crippen MR) is 57.6 cm³/mol. The fourth-order valence-electron chi connectivity index (χ4n) is 1.51. The molecule has 0 saturated carbocycles. The summed E-state index contributed by atoms with van der Waals surface area (Å²) in [7, 11) is 0. The fourth-order valence-corrected chi connectivity index (χ4v) is 1.51. The van der Waals surface area contributed by atoms with E-state index in [4.69, 9.17) is 4.74 Å². The first kappa shape index (κ1) is 10.0. The number of nitrogens with zero attached hydrogens (tertiary/aromatic N) is 1. The molecule has 1 aromatic heterocycles. The molecule has 1 aliphatic carbocycles. The molecule has 80 valence electrons. The third-order valence-corrected chi connectivity index (χ3v) is 2.83. The van der Waals surface area contributed by atoms with Crippen molar-refractivity contribution in [2.24, 2.45) is 5.92 Å². The lowest BCUT2D eigenvalue weighted by Crippen LogP contribution is -2.24. The molecule has 0 aliphatic heterocycles. The zero-order valence-corrected chi connectivity index (χ0v) is 9.01.